The molecule has 4 aromatic rings. The van der Waals surface area contributed by atoms with Crippen LogP contribution >= 0.6 is 0 Å². The van der Waals surface area contributed by atoms with Crippen molar-refractivity contribution in [2.24, 2.45) is 5.73 Å². The van der Waals surface area contributed by atoms with Gasteiger partial charge in [-0.1, -0.05) is 30.3 Å². The molecule has 204 valence electrons. The lowest BCUT2D eigenvalue weighted by molar-refractivity contribution is -0.119. The lowest BCUT2D eigenvalue weighted by Gasteiger charge is -2.31. The van der Waals surface area contributed by atoms with Crippen molar-refractivity contribution in [3.63, 3.8) is 0 Å². The van der Waals surface area contributed by atoms with Crippen molar-refractivity contribution in [2.75, 3.05) is 42.6 Å². The molecule has 2 aromatic heterocycles. The van der Waals surface area contributed by atoms with Gasteiger partial charge in [-0.05, 0) is 74.2 Å². The second kappa shape index (κ2) is 10.7. The van der Waals surface area contributed by atoms with E-state index in [1.165, 1.54) is 16.1 Å². The third kappa shape index (κ3) is 5.74. The van der Waals surface area contributed by atoms with Gasteiger partial charge in [0.25, 0.3) is 0 Å². The van der Waals surface area contributed by atoms with Crippen molar-refractivity contribution in [1.29, 1.82) is 0 Å². The summed E-state index contributed by atoms with van der Waals surface area (Å²) in [5, 5.41) is 8.05. The van der Waals surface area contributed by atoms with E-state index in [4.69, 9.17) is 10.8 Å². The molecule has 0 radical (unpaired) electrons. The van der Waals surface area contributed by atoms with Gasteiger partial charge in [0.15, 0.2) is 0 Å². The number of hydrogen-bond donors (Lipinski definition) is 2. The molecule has 10 nitrogen and oxygen atoms in total. The molecule has 1 aliphatic rings. The Kier molecular flexibility index (Phi) is 7.28. The topological polar surface area (TPSA) is 126 Å². The third-order valence-electron chi connectivity index (χ3n) is 7.31. The molecular weight excluding hydrogens is 514 g/mol. The molecule has 2 aromatic carbocycles. The maximum absolute atomic E-state index is 12.3. The van der Waals surface area contributed by atoms with Crippen LogP contribution in [0, 0.1) is 6.92 Å². The van der Waals surface area contributed by atoms with Gasteiger partial charge < -0.3 is 11.1 Å². The summed E-state index contributed by atoms with van der Waals surface area (Å²) in [4.78, 5) is 17.8. The molecule has 0 spiro atoms. The van der Waals surface area contributed by atoms with Gasteiger partial charge in [0, 0.05) is 18.3 Å². The SMILES string of the molecule is Cc1cc2cnc(Nc3ccc(C4CCN(CC(N)=O)CC4)cc3)nn2c1-c1ccccc1N(C)S(C)(=O)=O. The molecule has 0 aliphatic carbocycles. The first kappa shape index (κ1) is 26.6. The number of fused-ring (bicyclic) bond motifs is 1. The van der Waals surface area contributed by atoms with Gasteiger partial charge in [-0.3, -0.25) is 14.0 Å². The number of carbonyl (C=O) groups is 1. The summed E-state index contributed by atoms with van der Waals surface area (Å²) in [5.74, 6) is 0.601. The number of anilines is 3. The standard InChI is InChI=1S/C28H33N7O3S/c1-19-16-23-17-30-28(32-35(23)27(19)24-6-4-5-7-25(24)33(2)39(3,37)38)31-22-10-8-20(9-11-22)21-12-14-34(15-13-21)18-26(29)36/h4-11,16-17,21H,12-15,18H2,1-3H3,(H2,29,36)(H,31,32). The Balaban J connectivity index is 1.38. The average molecular weight is 548 g/mol. The molecule has 5 rings (SSSR count). The fraction of sp³-hybridized carbons (Fsp3) is 0.321. The van der Waals surface area contributed by atoms with Crippen LogP contribution in [0.3, 0.4) is 0 Å². The summed E-state index contributed by atoms with van der Waals surface area (Å²) in [5.41, 5.74) is 11.4. The van der Waals surface area contributed by atoms with Gasteiger partial charge >= 0.3 is 0 Å². The van der Waals surface area contributed by atoms with Crippen molar-refractivity contribution in [3.8, 4) is 11.3 Å². The Morgan fingerprint density at radius 1 is 1.13 bits per heavy atom. The third-order valence-corrected chi connectivity index (χ3v) is 8.50. The average Bonchev–Trinajstić information content (AvgIpc) is 3.23. The summed E-state index contributed by atoms with van der Waals surface area (Å²) in [6.07, 6.45) is 4.93. The first-order chi connectivity index (χ1) is 18.6. The fourth-order valence-corrected chi connectivity index (χ4v) is 5.73. The normalized spacial score (nSPS) is 14.9. The van der Waals surface area contributed by atoms with Gasteiger partial charge in [-0.25, -0.2) is 17.9 Å². The van der Waals surface area contributed by atoms with E-state index in [2.05, 4.69) is 27.3 Å². The monoisotopic (exact) mass is 547 g/mol. The van der Waals surface area contributed by atoms with Crippen LogP contribution < -0.4 is 15.4 Å². The highest BCUT2D eigenvalue weighted by Crippen LogP contribution is 2.35. The molecule has 0 saturated carbocycles. The molecule has 1 fully saturated rings. The van der Waals surface area contributed by atoms with Gasteiger partial charge in [0.1, 0.15) is 0 Å². The van der Waals surface area contributed by atoms with Crippen LogP contribution in [0.1, 0.15) is 29.9 Å². The zero-order valence-corrected chi connectivity index (χ0v) is 23.1. The molecule has 3 N–H and O–H groups in total. The quantitative estimate of drug-likeness (QED) is 0.346. The number of piperidine rings is 1. The van der Waals surface area contributed by atoms with Crippen LogP contribution in [0.15, 0.2) is 60.8 Å². The first-order valence-electron chi connectivity index (χ1n) is 12.9. The van der Waals surface area contributed by atoms with Gasteiger partial charge in [0.2, 0.25) is 21.9 Å². The van der Waals surface area contributed by atoms with E-state index >= 15 is 0 Å². The Bertz CT molecular complexity index is 1610. The van der Waals surface area contributed by atoms with Crippen LogP contribution in [-0.2, 0) is 14.8 Å². The number of para-hydroxylation sites is 1. The Morgan fingerprint density at radius 3 is 2.49 bits per heavy atom. The molecule has 0 atom stereocenters. The minimum atomic E-state index is -3.45. The number of amides is 1. The smallest absolute Gasteiger partial charge is 0.245 e. The van der Waals surface area contributed by atoms with Crippen LogP contribution in [0.2, 0.25) is 0 Å². The van der Waals surface area contributed by atoms with Crippen LogP contribution in [0.25, 0.3) is 16.8 Å². The van der Waals surface area contributed by atoms with Gasteiger partial charge in [0.05, 0.1) is 35.9 Å². The number of primary amides is 1. The molecule has 1 aliphatic heterocycles. The summed E-state index contributed by atoms with van der Waals surface area (Å²) >= 11 is 0. The number of aromatic nitrogens is 3. The first-order valence-corrected chi connectivity index (χ1v) is 14.7. The van der Waals surface area contributed by atoms with Crippen molar-refractivity contribution in [3.05, 3.63) is 71.9 Å². The second-order valence-corrected chi connectivity index (χ2v) is 12.1. The Labute approximate surface area is 228 Å². The second-order valence-electron chi connectivity index (χ2n) is 10.1. The largest absolute Gasteiger partial charge is 0.369 e. The van der Waals surface area contributed by atoms with Crippen molar-refractivity contribution in [1.82, 2.24) is 19.5 Å². The number of nitrogens with one attached hydrogen (secondary N) is 1. The maximum Gasteiger partial charge on any atom is 0.245 e. The van der Waals surface area contributed by atoms with Crippen LogP contribution in [-0.4, -0.2) is 66.8 Å². The lowest BCUT2D eigenvalue weighted by atomic mass is 9.89. The van der Waals surface area contributed by atoms with Crippen molar-refractivity contribution in [2.45, 2.75) is 25.7 Å². The number of nitrogens with zero attached hydrogens (tertiary/aromatic N) is 5. The Hall–Kier alpha value is -3.96. The predicted molar refractivity (Wildman–Crippen MR) is 154 cm³/mol. The summed E-state index contributed by atoms with van der Waals surface area (Å²) < 4.78 is 27.7. The summed E-state index contributed by atoms with van der Waals surface area (Å²) in [7, 11) is -1.89. The van der Waals surface area contributed by atoms with E-state index in [9.17, 15) is 13.2 Å². The van der Waals surface area contributed by atoms with Crippen LogP contribution in [0.4, 0.5) is 17.3 Å². The summed E-state index contributed by atoms with van der Waals surface area (Å²) in [6, 6.07) is 17.7. The number of sulfonamides is 1. The number of nitrogens with two attached hydrogens (primary N) is 1. The zero-order chi connectivity index (χ0) is 27.7. The lowest BCUT2D eigenvalue weighted by Crippen LogP contribution is -2.39. The minimum Gasteiger partial charge on any atom is -0.369 e. The van der Waals surface area contributed by atoms with Gasteiger partial charge in [-0.15, -0.1) is 5.10 Å². The molecule has 39 heavy (non-hydrogen) atoms. The summed E-state index contributed by atoms with van der Waals surface area (Å²) in [6.45, 7) is 4.03. The molecule has 1 saturated heterocycles. The van der Waals surface area contributed by atoms with E-state index in [1.54, 1.807) is 23.8 Å². The van der Waals surface area contributed by atoms with Crippen molar-refractivity contribution < 1.29 is 13.2 Å². The van der Waals surface area contributed by atoms with Gasteiger partial charge in [-0.2, -0.15) is 0 Å². The highest BCUT2D eigenvalue weighted by atomic mass is 32.2. The van der Waals surface area contributed by atoms with E-state index in [-0.39, 0.29) is 5.91 Å². The van der Waals surface area contributed by atoms with E-state index in [0.29, 0.717) is 24.1 Å². The van der Waals surface area contributed by atoms with Crippen molar-refractivity contribution >= 4 is 38.8 Å². The number of benzene rings is 2. The molecular formula is C28H33N7O3S. The zero-order valence-electron chi connectivity index (χ0n) is 22.3. The van der Waals surface area contributed by atoms with E-state index in [0.717, 1.165) is 54.0 Å². The molecule has 1 amide bonds. The highest BCUT2D eigenvalue weighted by molar-refractivity contribution is 7.92. The number of carbonyl (C=O) groups excluding carboxylic acids is 1. The Morgan fingerprint density at radius 2 is 1.82 bits per heavy atom. The molecule has 0 unspecified atom stereocenters. The highest BCUT2D eigenvalue weighted by Gasteiger charge is 2.22. The van der Waals surface area contributed by atoms with Crippen LogP contribution in [0.5, 0.6) is 0 Å². The number of likely N-dealkylation sites (tertiary alicyclic amines) is 1. The fourth-order valence-electron chi connectivity index (χ4n) is 5.22. The molecule has 11 heteroatoms. The maximum atomic E-state index is 12.3. The number of aryl methyl sites for hydroxylation is 1. The van der Waals surface area contributed by atoms with E-state index in [1.807, 2.05) is 43.3 Å². The number of hydrogen-bond acceptors (Lipinski definition) is 7. The minimum absolute atomic E-state index is 0.281. The molecule has 0 bridgehead atoms. The van der Waals surface area contributed by atoms with E-state index < -0.39 is 10.0 Å². The number of rotatable bonds is 8. The molecule has 3 heterocycles. The predicted octanol–water partition coefficient (Wildman–Crippen LogP) is 3.51.